The highest BCUT2D eigenvalue weighted by Gasteiger charge is 2.36. The normalized spacial score (nSPS) is 27.8. The summed E-state index contributed by atoms with van der Waals surface area (Å²) in [5.74, 6) is 0. The van der Waals surface area contributed by atoms with E-state index < -0.39 is 0 Å². The molecule has 0 aromatic heterocycles. The average Bonchev–Trinajstić information content (AvgIpc) is 3.17. The second kappa shape index (κ2) is 9.19. The van der Waals surface area contributed by atoms with Crippen LogP contribution in [-0.2, 0) is 4.74 Å². The molecule has 1 aliphatic carbocycles. The molecular formula is C19H35N3O3. The van der Waals surface area contributed by atoms with Crippen LogP contribution in [0.25, 0.3) is 0 Å². The van der Waals surface area contributed by atoms with E-state index in [2.05, 4.69) is 9.80 Å². The maximum absolute atomic E-state index is 11.9. The number of rotatable bonds is 5. The Balaban J connectivity index is 1.51. The monoisotopic (exact) mass is 353 g/mol. The van der Waals surface area contributed by atoms with E-state index in [1.165, 1.54) is 25.7 Å². The molecule has 3 aliphatic rings. The molecule has 1 saturated carbocycles. The summed E-state index contributed by atoms with van der Waals surface area (Å²) < 4.78 is 5.12. The molecule has 0 radical (unpaired) electrons. The maximum Gasteiger partial charge on any atom is 0.409 e. The van der Waals surface area contributed by atoms with Crippen molar-refractivity contribution in [3.63, 3.8) is 0 Å². The quantitative estimate of drug-likeness (QED) is 0.818. The van der Waals surface area contributed by atoms with Crippen LogP contribution in [0.5, 0.6) is 0 Å². The topological polar surface area (TPSA) is 56.2 Å². The number of hydrogen-bond acceptors (Lipinski definition) is 5. The number of carbonyl (C=O) groups excluding carboxylic acids is 1. The molecule has 3 rings (SSSR count). The van der Waals surface area contributed by atoms with Crippen molar-refractivity contribution >= 4 is 6.09 Å². The molecule has 0 spiro atoms. The highest BCUT2D eigenvalue weighted by Crippen LogP contribution is 2.29. The fourth-order valence-electron chi connectivity index (χ4n) is 4.98. The van der Waals surface area contributed by atoms with Crippen molar-refractivity contribution in [1.82, 2.24) is 14.7 Å². The number of hydrogen-bond donors (Lipinski definition) is 1. The predicted molar refractivity (Wildman–Crippen MR) is 97.6 cm³/mol. The molecule has 25 heavy (non-hydrogen) atoms. The van der Waals surface area contributed by atoms with E-state index in [9.17, 15) is 9.90 Å². The molecule has 144 valence electrons. The first-order valence-corrected chi connectivity index (χ1v) is 10.2. The van der Waals surface area contributed by atoms with Gasteiger partial charge in [0.25, 0.3) is 0 Å². The molecule has 2 heterocycles. The van der Waals surface area contributed by atoms with Gasteiger partial charge in [-0.15, -0.1) is 0 Å². The Labute approximate surface area is 152 Å². The Bertz CT molecular complexity index is 420. The lowest BCUT2D eigenvalue weighted by molar-refractivity contribution is -0.00274. The van der Waals surface area contributed by atoms with E-state index in [-0.39, 0.29) is 12.7 Å². The van der Waals surface area contributed by atoms with E-state index in [1.54, 1.807) is 0 Å². The Hall–Kier alpha value is -0.850. The fourth-order valence-corrected chi connectivity index (χ4v) is 4.98. The van der Waals surface area contributed by atoms with E-state index in [0.29, 0.717) is 18.7 Å². The van der Waals surface area contributed by atoms with Gasteiger partial charge >= 0.3 is 6.09 Å². The molecule has 0 unspecified atom stereocenters. The number of nitrogens with zero attached hydrogens (tertiary/aromatic N) is 3. The number of aliphatic hydroxyl groups excluding tert-OH is 1. The number of ether oxygens (including phenoxy) is 1. The number of carbonyl (C=O) groups is 1. The molecule has 1 atom stereocenters. The van der Waals surface area contributed by atoms with E-state index >= 15 is 0 Å². The first-order chi connectivity index (χ1) is 12.2. The van der Waals surface area contributed by atoms with E-state index in [0.717, 1.165) is 58.0 Å². The summed E-state index contributed by atoms with van der Waals surface area (Å²) in [4.78, 5) is 19.0. The smallest absolute Gasteiger partial charge is 0.409 e. The van der Waals surface area contributed by atoms with Gasteiger partial charge in [0.05, 0.1) is 6.61 Å². The zero-order valence-electron chi connectivity index (χ0n) is 15.7. The van der Waals surface area contributed by atoms with Gasteiger partial charge in [-0.3, -0.25) is 9.80 Å². The first kappa shape index (κ1) is 18.9. The number of piperazine rings is 1. The van der Waals surface area contributed by atoms with E-state index in [4.69, 9.17) is 4.74 Å². The van der Waals surface area contributed by atoms with Gasteiger partial charge < -0.3 is 14.7 Å². The van der Waals surface area contributed by atoms with Crippen LogP contribution in [0.3, 0.4) is 0 Å². The van der Waals surface area contributed by atoms with Crippen LogP contribution in [0.4, 0.5) is 4.79 Å². The standard InChI is InChI=1S/C19H35N3O3/c1-2-25-19(24)20-10-7-16(8-11-20)21-12-13-22(17-5-3-4-6-17)18(15-21)9-14-23/h16-18,23H,2-15H2,1H3/t18-/m0/s1. The van der Waals surface area contributed by atoms with Crippen molar-refractivity contribution in [2.75, 3.05) is 45.9 Å². The first-order valence-electron chi connectivity index (χ1n) is 10.2. The molecule has 6 heteroatoms. The SMILES string of the molecule is CCOC(=O)N1CCC(N2CCN(C3CCCC3)[C@@H](CCO)C2)CC1. The maximum atomic E-state index is 11.9. The molecule has 0 aromatic carbocycles. The third kappa shape index (κ3) is 4.66. The number of amides is 1. The van der Waals surface area contributed by atoms with Gasteiger partial charge in [-0.1, -0.05) is 12.8 Å². The van der Waals surface area contributed by atoms with E-state index in [1.807, 2.05) is 11.8 Å². The van der Waals surface area contributed by atoms with Gasteiger partial charge in [-0.25, -0.2) is 4.79 Å². The number of likely N-dealkylation sites (tertiary alicyclic amines) is 1. The summed E-state index contributed by atoms with van der Waals surface area (Å²) in [7, 11) is 0. The second-order valence-electron chi connectivity index (χ2n) is 7.75. The third-order valence-corrected chi connectivity index (χ3v) is 6.32. The van der Waals surface area contributed by atoms with Crippen LogP contribution in [0, 0.1) is 0 Å². The molecule has 2 aliphatic heterocycles. The minimum atomic E-state index is -0.162. The Kier molecular flexibility index (Phi) is 6.96. The highest BCUT2D eigenvalue weighted by molar-refractivity contribution is 5.67. The molecule has 3 fully saturated rings. The van der Waals surface area contributed by atoms with Crippen molar-refractivity contribution < 1.29 is 14.6 Å². The second-order valence-corrected chi connectivity index (χ2v) is 7.75. The molecular weight excluding hydrogens is 318 g/mol. The predicted octanol–water partition coefficient (Wildman–Crippen LogP) is 1.92. The Morgan fingerprint density at radius 1 is 1.04 bits per heavy atom. The largest absolute Gasteiger partial charge is 0.450 e. The zero-order valence-corrected chi connectivity index (χ0v) is 15.7. The zero-order chi connectivity index (χ0) is 17.6. The van der Waals surface area contributed by atoms with Crippen LogP contribution >= 0.6 is 0 Å². The van der Waals surface area contributed by atoms with Crippen LogP contribution < -0.4 is 0 Å². The molecule has 1 amide bonds. The van der Waals surface area contributed by atoms with Gasteiger partial charge in [0, 0.05) is 57.5 Å². The Morgan fingerprint density at radius 3 is 2.40 bits per heavy atom. The summed E-state index contributed by atoms with van der Waals surface area (Å²) in [5.41, 5.74) is 0. The molecule has 1 N–H and O–H groups in total. The average molecular weight is 354 g/mol. The van der Waals surface area contributed by atoms with Crippen LogP contribution in [0.2, 0.25) is 0 Å². The van der Waals surface area contributed by atoms with Gasteiger partial charge in [0.1, 0.15) is 0 Å². The fraction of sp³-hybridized carbons (Fsp3) is 0.947. The van der Waals surface area contributed by atoms with Crippen LogP contribution in [-0.4, -0.2) is 90.0 Å². The molecule has 2 saturated heterocycles. The van der Waals surface area contributed by atoms with Crippen molar-refractivity contribution in [2.45, 2.75) is 70.0 Å². The lowest BCUT2D eigenvalue weighted by Crippen LogP contribution is -2.59. The number of piperidine rings is 1. The van der Waals surface area contributed by atoms with Gasteiger partial charge in [0.2, 0.25) is 0 Å². The van der Waals surface area contributed by atoms with Crippen molar-refractivity contribution in [3.8, 4) is 0 Å². The molecule has 0 aromatic rings. The van der Waals surface area contributed by atoms with Crippen molar-refractivity contribution in [3.05, 3.63) is 0 Å². The van der Waals surface area contributed by atoms with Gasteiger partial charge in [-0.05, 0) is 39.0 Å². The summed E-state index contributed by atoms with van der Waals surface area (Å²) in [6, 6.07) is 1.80. The van der Waals surface area contributed by atoms with Crippen LogP contribution in [0.15, 0.2) is 0 Å². The third-order valence-electron chi connectivity index (χ3n) is 6.32. The lowest BCUT2D eigenvalue weighted by Gasteiger charge is -2.48. The summed E-state index contributed by atoms with van der Waals surface area (Å²) >= 11 is 0. The lowest BCUT2D eigenvalue weighted by atomic mass is 9.98. The van der Waals surface area contributed by atoms with Crippen molar-refractivity contribution in [2.24, 2.45) is 0 Å². The highest BCUT2D eigenvalue weighted by atomic mass is 16.6. The summed E-state index contributed by atoms with van der Waals surface area (Å²) in [6.45, 7) is 7.52. The van der Waals surface area contributed by atoms with Crippen molar-refractivity contribution in [1.29, 1.82) is 0 Å². The minimum Gasteiger partial charge on any atom is -0.450 e. The molecule has 6 nitrogen and oxygen atoms in total. The summed E-state index contributed by atoms with van der Waals surface area (Å²) in [5, 5.41) is 9.52. The van der Waals surface area contributed by atoms with Gasteiger partial charge in [0.15, 0.2) is 0 Å². The number of aliphatic hydroxyl groups is 1. The Morgan fingerprint density at radius 2 is 1.76 bits per heavy atom. The molecule has 0 bridgehead atoms. The minimum absolute atomic E-state index is 0.162. The van der Waals surface area contributed by atoms with Gasteiger partial charge in [-0.2, -0.15) is 0 Å². The summed E-state index contributed by atoms with van der Waals surface area (Å²) in [6.07, 6.45) is 8.19. The van der Waals surface area contributed by atoms with Crippen LogP contribution in [0.1, 0.15) is 51.9 Å².